The van der Waals surface area contributed by atoms with Crippen molar-refractivity contribution >= 4 is 11.6 Å². The zero-order valence-electron chi connectivity index (χ0n) is 18.9. The molecule has 0 bridgehead atoms. The SMILES string of the molecule is [O-][n+]1cc(-c2c(-n3cnnn3)ccc(Cl)c2F)ccc1[C@@H](CC1CC1)n1cc(-c2ccncc2)cn1. The summed E-state index contributed by atoms with van der Waals surface area (Å²) >= 11 is 6.08. The van der Waals surface area contributed by atoms with Gasteiger partial charge in [-0.1, -0.05) is 24.4 Å². The van der Waals surface area contributed by atoms with Gasteiger partial charge in [0, 0.05) is 30.2 Å². The van der Waals surface area contributed by atoms with E-state index in [9.17, 15) is 5.21 Å². The quantitative estimate of drug-likeness (QED) is 0.241. The van der Waals surface area contributed by atoms with Crippen LogP contribution >= 0.6 is 11.6 Å². The molecule has 0 radical (unpaired) electrons. The van der Waals surface area contributed by atoms with Gasteiger partial charge < -0.3 is 5.21 Å². The van der Waals surface area contributed by atoms with Crippen molar-refractivity contribution in [3.05, 3.63) is 95.5 Å². The maximum absolute atomic E-state index is 15.2. The van der Waals surface area contributed by atoms with Gasteiger partial charge in [0.25, 0.3) is 0 Å². The number of pyridine rings is 2. The van der Waals surface area contributed by atoms with E-state index in [0.717, 1.165) is 35.1 Å². The smallest absolute Gasteiger partial charge is 0.217 e. The highest BCUT2D eigenvalue weighted by molar-refractivity contribution is 6.31. The van der Waals surface area contributed by atoms with Crippen molar-refractivity contribution in [3.8, 4) is 27.9 Å². The molecule has 11 heteroatoms. The zero-order chi connectivity index (χ0) is 24.6. The highest BCUT2D eigenvalue weighted by Crippen LogP contribution is 2.39. The molecule has 1 atom stereocenters. The number of aromatic nitrogens is 8. The van der Waals surface area contributed by atoms with Gasteiger partial charge in [0.05, 0.1) is 28.0 Å². The molecule has 1 aliphatic carbocycles. The molecular weight excluding hydrogens is 483 g/mol. The number of nitrogens with zero attached hydrogens (tertiary/aromatic N) is 8. The van der Waals surface area contributed by atoms with Crippen LogP contribution in [0.25, 0.3) is 27.9 Å². The number of tetrazole rings is 1. The van der Waals surface area contributed by atoms with Gasteiger partial charge in [0.1, 0.15) is 12.4 Å². The predicted molar refractivity (Wildman–Crippen MR) is 129 cm³/mol. The molecule has 36 heavy (non-hydrogen) atoms. The summed E-state index contributed by atoms with van der Waals surface area (Å²) in [5, 5.41) is 29.0. The maximum Gasteiger partial charge on any atom is 0.217 e. The highest BCUT2D eigenvalue weighted by atomic mass is 35.5. The van der Waals surface area contributed by atoms with Gasteiger partial charge in [0.15, 0.2) is 12.0 Å². The fourth-order valence-electron chi connectivity index (χ4n) is 4.41. The van der Waals surface area contributed by atoms with Crippen LogP contribution in [0.15, 0.2) is 73.7 Å². The third-order valence-electron chi connectivity index (χ3n) is 6.43. The lowest BCUT2D eigenvalue weighted by Gasteiger charge is -2.18. The third kappa shape index (κ3) is 4.20. The fourth-order valence-corrected chi connectivity index (χ4v) is 4.57. The summed E-state index contributed by atoms with van der Waals surface area (Å²) in [6.45, 7) is 0. The molecule has 0 aliphatic heterocycles. The average Bonchev–Trinajstić information content (AvgIpc) is 3.33. The molecule has 1 aliphatic rings. The molecular formula is C25H20ClFN8O. The second kappa shape index (κ2) is 9.12. The number of halogens is 2. The molecule has 0 N–H and O–H groups in total. The fraction of sp³-hybridized carbons (Fsp3) is 0.200. The minimum Gasteiger partial charge on any atom is -0.618 e. The molecule has 1 fully saturated rings. The minimum absolute atomic E-state index is 0.0601. The van der Waals surface area contributed by atoms with Crippen LogP contribution in [0.3, 0.4) is 0 Å². The summed E-state index contributed by atoms with van der Waals surface area (Å²) in [5.41, 5.74) is 3.35. The highest BCUT2D eigenvalue weighted by Gasteiger charge is 2.32. The topological polar surface area (TPSA) is 101 Å². The van der Waals surface area contributed by atoms with Gasteiger partial charge in [-0.25, -0.2) is 4.39 Å². The Kier molecular flexibility index (Phi) is 5.65. The summed E-state index contributed by atoms with van der Waals surface area (Å²) in [4.78, 5) is 4.07. The van der Waals surface area contributed by atoms with Crippen molar-refractivity contribution in [1.82, 2.24) is 35.0 Å². The lowest BCUT2D eigenvalue weighted by molar-refractivity contribution is -0.615. The van der Waals surface area contributed by atoms with Crippen molar-refractivity contribution in [2.45, 2.75) is 25.3 Å². The first-order chi connectivity index (χ1) is 17.6. The van der Waals surface area contributed by atoms with Crippen molar-refractivity contribution in [1.29, 1.82) is 0 Å². The van der Waals surface area contributed by atoms with Gasteiger partial charge in [0.2, 0.25) is 5.69 Å². The Morgan fingerprint density at radius 2 is 1.92 bits per heavy atom. The Hall–Kier alpha value is -4.18. The van der Waals surface area contributed by atoms with Crippen LogP contribution < -0.4 is 4.73 Å². The number of rotatable bonds is 7. The Balaban J connectivity index is 1.40. The van der Waals surface area contributed by atoms with E-state index in [1.165, 1.54) is 23.3 Å². The number of benzene rings is 1. The standard InChI is InChI=1S/C25H20ClFN8O/c26-20-4-6-22(34-15-29-31-32-34)24(25(20)27)18-3-5-21(35(36)14-18)23(11-16-1-2-16)33-13-19(12-30-33)17-7-9-28-10-8-17/h3-10,12-16,23H,1-2,11H2/t23-/m1/s1. The van der Waals surface area contributed by atoms with Crippen LogP contribution in [-0.2, 0) is 0 Å². The molecule has 1 saturated carbocycles. The predicted octanol–water partition coefficient (Wildman–Crippen LogP) is 4.40. The lowest BCUT2D eigenvalue weighted by atomic mass is 10.0. The van der Waals surface area contributed by atoms with Crippen LogP contribution in [-0.4, -0.2) is 35.0 Å². The molecule has 4 heterocycles. The van der Waals surface area contributed by atoms with E-state index >= 15 is 4.39 Å². The summed E-state index contributed by atoms with van der Waals surface area (Å²) in [6.07, 6.45) is 13.0. The minimum atomic E-state index is -0.652. The van der Waals surface area contributed by atoms with Crippen LogP contribution in [0.5, 0.6) is 0 Å². The monoisotopic (exact) mass is 502 g/mol. The van der Waals surface area contributed by atoms with E-state index in [1.54, 1.807) is 36.8 Å². The number of hydrogen-bond acceptors (Lipinski definition) is 6. The Labute approximate surface area is 210 Å². The molecule has 0 amide bonds. The molecule has 9 nitrogen and oxygen atoms in total. The van der Waals surface area contributed by atoms with Gasteiger partial charge in [-0.2, -0.15) is 14.5 Å². The zero-order valence-corrected chi connectivity index (χ0v) is 19.7. The van der Waals surface area contributed by atoms with Crippen LogP contribution in [0, 0.1) is 16.9 Å². The van der Waals surface area contributed by atoms with Gasteiger partial charge in [-0.15, -0.1) is 5.10 Å². The normalized spacial score (nSPS) is 14.2. The molecule has 0 spiro atoms. The van der Waals surface area contributed by atoms with E-state index in [-0.39, 0.29) is 16.6 Å². The first kappa shape index (κ1) is 22.3. The first-order valence-electron chi connectivity index (χ1n) is 11.5. The lowest BCUT2D eigenvalue weighted by Crippen LogP contribution is -2.35. The largest absolute Gasteiger partial charge is 0.618 e. The van der Waals surface area contributed by atoms with Gasteiger partial charge in [-0.3, -0.25) is 9.67 Å². The van der Waals surface area contributed by atoms with E-state index in [4.69, 9.17) is 11.6 Å². The van der Waals surface area contributed by atoms with Crippen LogP contribution in [0.4, 0.5) is 4.39 Å². The second-order valence-corrected chi connectivity index (χ2v) is 9.23. The van der Waals surface area contributed by atoms with Crippen LogP contribution in [0.2, 0.25) is 5.02 Å². The second-order valence-electron chi connectivity index (χ2n) is 8.82. The molecule has 0 unspecified atom stereocenters. The van der Waals surface area contributed by atoms with Crippen LogP contribution in [0.1, 0.15) is 31.0 Å². The molecule has 5 aromatic rings. The van der Waals surface area contributed by atoms with E-state index in [0.29, 0.717) is 22.9 Å². The summed E-state index contributed by atoms with van der Waals surface area (Å²) in [7, 11) is 0. The van der Waals surface area contributed by atoms with Crippen molar-refractivity contribution < 1.29 is 9.12 Å². The summed E-state index contributed by atoms with van der Waals surface area (Å²) in [5.74, 6) is -0.110. The molecule has 1 aromatic carbocycles. The first-order valence-corrected chi connectivity index (χ1v) is 11.9. The Morgan fingerprint density at radius 1 is 1.08 bits per heavy atom. The molecule has 0 saturated heterocycles. The number of hydrogen-bond donors (Lipinski definition) is 0. The molecule has 4 aromatic heterocycles. The van der Waals surface area contributed by atoms with Crippen molar-refractivity contribution in [2.75, 3.05) is 0 Å². The van der Waals surface area contributed by atoms with Crippen molar-refractivity contribution in [2.24, 2.45) is 5.92 Å². The Bertz CT molecular complexity index is 1520. The molecule has 180 valence electrons. The maximum atomic E-state index is 15.2. The van der Waals surface area contributed by atoms with Crippen molar-refractivity contribution in [3.63, 3.8) is 0 Å². The summed E-state index contributed by atoms with van der Waals surface area (Å²) in [6, 6.07) is 10.1. The van der Waals surface area contributed by atoms with E-state index in [1.807, 2.05) is 23.0 Å². The summed E-state index contributed by atoms with van der Waals surface area (Å²) < 4.78 is 19.2. The average molecular weight is 503 g/mol. The van der Waals surface area contributed by atoms with E-state index < -0.39 is 5.82 Å². The third-order valence-corrected chi connectivity index (χ3v) is 6.72. The van der Waals surface area contributed by atoms with E-state index in [2.05, 4.69) is 25.6 Å². The van der Waals surface area contributed by atoms with Gasteiger partial charge >= 0.3 is 0 Å². The van der Waals surface area contributed by atoms with Gasteiger partial charge in [-0.05, 0) is 58.7 Å². The Morgan fingerprint density at radius 3 is 2.64 bits per heavy atom. The molecule has 6 rings (SSSR count).